The fourth-order valence-corrected chi connectivity index (χ4v) is 2.66. The maximum absolute atomic E-state index is 13.6. The fourth-order valence-electron chi connectivity index (χ4n) is 2.66. The smallest absolute Gasteiger partial charge is 0.189 e. The fraction of sp³-hybridized carbons (Fsp3) is 0.562. The maximum atomic E-state index is 13.6. The summed E-state index contributed by atoms with van der Waals surface area (Å²) < 4.78 is 18.5. The van der Waals surface area contributed by atoms with Crippen LogP contribution >= 0.6 is 0 Å². The van der Waals surface area contributed by atoms with Gasteiger partial charge in [0.1, 0.15) is 0 Å². The van der Waals surface area contributed by atoms with E-state index < -0.39 is 0 Å². The molecule has 4 nitrogen and oxygen atoms in total. The van der Waals surface area contributed by atoms with E-state index in [1.165, 1.54) is 38.9 Å². The Hall–Kier alpha value is -1.78. The summed E-state index contributed by atoms with van der Waals surface area (Å²) in [5, 5.41) is 3.28. The van der Waals surface area contributed by atoms with Crippen LogP contribution in [0.4, 0.5) is 4.39 Å². The summed E-state index contributed by atoms with van der Waals surface area (Å²) in [7, 11) is 1.45. The highest BCUT2D eigenvalue weighted by Gasteiger charge is 2.12. The van der Waals surface area contributed by atoms with Crippen LogP contribution in [0, 0.1) is 5.82 Å². The van der Waals surface area contributed by atoms with Crippen LogP contribution in [0.1, 0.15) is 44.1 Å². The van der Waals surface area contributed by atoms with E-state index in [4.69, 9.17) is 10.5 Å². The lowest BCUT2D eigenvalue weighted by atomic mass is 10.1. The maximum Gasteiger partial charge on any atom is 0.189 e. The molecule has 21 heavy (non-hydrogen) atoms. The number of hydrogen-bond acceptors (Lipinski definition) is 2. The molecule has 5 heteroatoms. The van der Waals surface area contributed by atoms with Gasteiger partial charge in [-0.05, 0) is 30.5 Å². The van der Waals surface area contributed by atoms with Gasteiger partial charge in [0.05, 0.1) is 13.7 Å². The van der Waals surface area contributed by atoms with Crippen molar-refractivity contribution in [3.63, 3.8) is 0 Å². The van der Waals surface area contributed by atoms with Crippen molar-refractivity contribution in [3.05, 3.63) is 29.6 Å². The minimum absolute atomic E-state index is 0.243. The molecular weight excluding hydrogens is 269 g/mol. The molecule has 0 aromatic heterocycles. The molecule has 0 atom stereocenters. The molecule has 0 amide bonds. The number of rotatable bonds is 4. The number of nitrogens with two attached hydrogens (primary N) is 1. The highest BCUT2D eigenvalue weighted by molar-refractivity contribution is 5.78. The quantitative estimate of drug-likeness (QED) is 0.510. The number of nitrogens with zero attached hydrogens (tertiary/aromatic N) is 1. The van der Waals surface area contributed by atoms with Gasteiger partial charge in [0, 0.05) is 6.04 Å². The Kier molecular flexibility index (Phi) is 5.84. The lowest BCUT2D eigenvalue weighted by Gasteiger charge is -2.16. The third kappa shape index (κ3) is 4.92. The molecule has 0 aliphatic heterocycles. The molecule has 0 radical (unpaired) electrons. The topological polar surface area (TPSA) is 59.6 Å². The summed E-state index contributed by atoms with van der Waals surface area (Å²) in [6.07, 6.45) is 7.39. The van der Waals surface area contributed by atoms with Gasteiger partial charge < -0.3 is 15.8 Å². The van der Waals surface area contributed by atoms with Gasteiger partial charge in [-0.25, -0.2) is 9.38 Å². The molecular formula is C16H24FN3O. The van der Waals surface area contributed by atoms with Crippen LogP contribution in [0.2, 0.25) is 0 Å². The summed E-state index contributed by atoms with van der Waals surface area (Å²) in [5.41, 5.74) is 6.69. The lowest BCUT2D eigenvalue weighted by molar-refractivity contribution is 0.386. The second-order valence-corrected chi connectivity index (χ2v) is 5.50. The van der Waals surface area contributed by atoms with E-state index in [0.717, 1.165) is 18.4 Å². The van der Waals surface area contributed by atoms with Gasteiger partial charge in [0.25, 0.3) is 0 Å². The summed E-state index contributed by atoms with van der Waals surface area (Å²) >= 11 is 0. The number of halogens is 1. The number of nitrogens with one attached hydrogen (secondary N) is 1. The van der Waals surface area contributed by atoms with E-state index in [1.807, 2.05) is 0 Å². The number of aliphatic imine (C=N–C) groups is 1. The molecule has 0 spiro atoms. The zero-order chi connectivity index (χ0) is 15.1. The molecule has 116 valence electrons. The van der Waals surface area contributed by atoms with Crippen LogP contribution in [0.15, 0.2) is 23.2 Å². The first-order valence-electron chi connectivity index (χ1n) is 7.58. The number of ether oxygens (including phenoxy) is 1. The number of methoxy groups -OCH3 is 1. The monoisotopic (exact) mass is 293 g/mol. The largest absolute Gasteiger partial charge is 0.494 e. The van der Waals surface area contributed by atoms with E-state index >= 15 is 0 Å². The molecule has 2 rings (SSSR count). The van der Waals surface area contributed by atoms with Crippen LogP contribution in [0.5, 0.6) is 5.75 Å². The Morgan fingerprint density at radius 1 is 1.33 bits per heavy atom. The summed E-state index contributed by atoms with van der Waals surface area (Å²) in [5.74, 6) is 0.311. The Balaban J connectivity index is 1.88. The van der Waals surface area contributed by atoms with Crippen LogP contribution in [-0.2, 0) is 6.54 Å². The van der Waals surface area contributed by atoms with Crippen LogP contribution in [0.3, 0.4) is 0 Å². The van der Waals surface area contributed by atoms with Crippen LogP contribution < -0.4 is 15.8 Å². The third-order valence-electron chi connectivity index (χ3n) is 3.86. The number of hydrogen-bond donors (Lipinski definition) is 2. The van der Waals surface area contributed by atoms with Gasteiger partial charge in [-0.15, -0.1) is 0 Å². The van der Waals surface area contributed by atoms with Crippen molar-refractivity contribution >= 4 is 5.96 Å². The molecule has 1 fully saturated rings. The van der Waals surface area contributed by atoms with Gasteiger partial charge in [0.15, 0.2) is 17.5 Å². The molecule has 0 bridgehead atoms. The van der Waals surface area contributed by atoms with Gasteiger partial charge in [-0.2, -0.15) is 0 Å². The van der Waals surface area contributed by atoms with Gasteiger partial charge in [-0.3, -0.25) is 0 Å². The van der Waals surface area contributed by atoms with E-state index in [0.29, 0.717) is 18.5 Å². The van der Waals surface area contributed by atoms with E-state index in [2.05, 4.69) is 10.3 Å². The average molecular weight is 293 g/mol. The SMILES string of the molecule is COc1ccc(CN=C(N)NC2CCCCCC2)cc1F. The Morgan fingerprint density at radius 3 is 2.67 bits per heavy atom. The number of benzene rings is 1. The van der Waals surface area contributed by atoms with Gasteiger partial charge in [-0.1, -0.05) is 31.7 Å². The van der Waals surface area contributed by atoms with Crippen LogP contribution in [-0.4, -0.2) is 19.1 Å². The van der Waals surface area contributed by atoms with E-state index in [-0.39, 0.29) is 11.6 Å². The molecule has 1 aliphatic carbocycles. The normalized spacial score (nSPS) is 17.3. The average Bonchev–Trinajstić information content (AvgIpc) is 2.74. The van der Waals surface area contributed by atoms with E-state index in [1.54, 1.807) is 12.1 Å². The molecule has 0 heterocycles. The zero-order valence-corrected chi connectivity index (χ0v) is 12.6. The van der Waals surface area contributed by atoms with Gasteiger partial charge >= 0.3 is 0 Å². The molecule has 0 unspecified atom stereocenters. The molecule has 1 saturated carbocycles. The Bertz CT molecular complexity index is 482. The van der Waals surface area contributed by atoms with Crippen molar-refractivity contribution in [3.8, 4) is 5.75 Å². The van der Waals surface area contributed by atoms with E-state index in [9.17, 15) is 4.39 Å². The van der Waals surface area contributed by atoms with Crippen molar-refractivity contribution in [2.75, 3.05) is 7.11 Å². The van der Waals surface area contributed by atoms with Crippen LogP contribution in [0.25, 0.3) is 0 Å². The number of guanidine groups is 1. The van der Waals surface area contributed by atoms with Crippen molar-refractivity contribution in [2.45, 2.75) is 51.1 Å². The highest BCUT2D eigenvalue weighted by Crippen LogP contribution is 2.18. The summed E-state index contributed by atoms with van der Waals surface area (Å²) in [4.78, 5) is 4.29. The van der Waals surface area contributed by atoms with Crippen molar-refractivity contribution < 1.29 is 9.13 Å². The second-order valence-electron chi connectivity index (χ2n) is 5.50. The minimum Gasteiger partial charge on any atom is -0.494 e. The molecule has 1 aliphatic rings. The molecule has 1 aromatic rings. The van der Waals surface area contributed by atoms with Crippen molar-refractivity contribution in [2.24, 2.45) is 10.7 Å². The summed E-state index contributed by atoms with van der Waals surface area (Å²) in [6, 6.07) is 5.25. The Labute approximate surface area is 125 Å². The highest BCUT2D eigenvalue weighted by atomic mass is 19.1. The predicted octanol–water partition coefficient (Wildman–Crippen LogP) is 2.96. The first-order valence-corrected chi connectivity index (χ1v) is 7.58. The van der Waals surface area contributed by atoms with Crippen molar-refractivity contribution in [1.82, 2.24) is 5.32 Å². The first kappa shape index (κ1) is 15.6. The predicted molar refractivity (Wildman–Crippen MR) is 82.9 cm³/mol. The third-order valence-corrected chi connectivity index (χ3v) is 3.86. The summed E-state index contributed by atoms with van der Waals surface area (Å²) in [6.45, 7) is 0.368. The lowest BCUT2D eigenvalue weighted by Crippen LogP contribution is -2.39. The van der Waals surface area contributed by atoms with Crippen molar-refractivity contribution in [1.29, 1.82) is 0 Å². The van der Waals surface area contributed by atoms with Gasteiger partial charge in [0.2, 0.25) is 0 Å². The zero-order valence-electron chi connectivity index (χ0n) is 12.6. The standard InChI is InChI=1S/C16H24FN3O/c1-21-15-9-8-12(10-14(15)17)11-19-16(18)20-13-6-4-2-3-5-7-13/h8-10,13H,2-7,11H2,1H3,(H3,18,19,20). The Morgan fingerprint density at radius 2 is 2.05 bits per heavy atom. The first-order chi connectivity index (χ1) is 10.2. The molecule has 3 N–H and O–H groups in total. The minimum atomic E-state index is -0.375. The molecule has 0 saturated heterocycles. The molecule has 1 aromatic carbocycles. The second kappa shape index (κ2) is 7.86.